The van der Waals surface area contributed by atoms with Crippen molar-refractivity contribution >= 4 is 21.9 Å². The van der Waals surface area contributed by atoms with E-state index in [-0.39, 0.29) is 11.0 Å². The molecule has 28 heavy (non-hydrogen) atoms. The molecule has 2 aromatic rings. The fourth-order valence-corrected chi connectivity index (χ4v) is 4.61. The van der Waals surface area contributed by atoms with Gasteiger partial charge >= 0.3 is 0 Å². The van der Waals surface area contributed by atoms with Gasteiger partial charge in [0.1, 0.15) is 4.47 Å². The quantitative estimate of drug-likeness (QED) is 0.703. The van der Waals surface area contributed by atoms with E-state index in [1.54, 1.807) is 10.6 Å². The highest BCUT2D eigenvalue weighted by Crippen LogP contribution is 2.30. The molecule has 2 heterocycles. The molecule has 0 amide bonds. The fraction of sp³-hybridized carbons (Fsp3) is 0.500. The SMILES string of the molecule is C[C@@H]1CCCN(c2nc(C(C)(C)C)c(Br)c(=O)n2Cc2ccccc2C#N)C1. The van der Waals surface area contributed by atoms with E-state index < -0.39 is 0 Å². The lowest BCUT2D eigenvalue weighted by Gasteiger charge is -2.34. The van der Waals surface area contributed by atoms with Gasteiger partial charge in [-0.3, -0.25) is 9.36 Å². The van der Waals surface area contributed by atoms with Crippen LogP contribution in [0.3, 0.4) is 0 Å². The minimum atomic E-state index is -0.252. The van der Waals surface area contributed by atoms with Crippen molar-refractivity contribution in [1.82, 2.24) is 9.55 Å². The zero-order chi connectivity index (χ0) is 20.5. The molecule has 5 nitrogen and oxygen atoms in total. The number of aromatic nitrogens is 2. The summed E-state index contributed by atoms with van der Waals surface area (Å²) in [6.07, 6.45) is 2.29. The number of hydrogen-bond donors (Lipinski definition) is 0. The highest BCUT2D eigenvalue weighted by Gasteiger charge is 2.28. The topological polar surface area (TPSA) is 61.9 Å². The molecule has 1 fully saturated rings. The molecule has 1 aromatic heterocycles. The Morgan fingerprint density at radius 1 is 1.32 bits per heavy atom. The average molecular weight is 443 g/mol. The molecule has 1 aromatic carbocycles. The third kappa shape index (κ3) is 4.15. The number of halogens is 1. The second-order valence-electron chi connectivity index (χ2n) is 8.68. The standard InChI is InChI=1S/C22H27BrN4O/c1-15-8-7-11-26(13-15)21-25-19(22(2,3)4)18(23)20(28)27(21)14-17-10-6-5-9-16(17)12-24/h5-6,9-10,15H,7-8,11,13-14H2,1-4H3/t15-/m1/s1. The van der Waals surface area contributed by atoms with Crippen LogP contribution in [0.25, 0.3) is 0 Å². The maximum atomic E-state index is 13.4. The highest BCUT2D eigenvalue weighted by molar-refractivity contribution is 9.10. The summed E-state index contributed by atoms with van der Waals surface area (Å²) in [6, 6.07) is 9.66. The summed E-state index contributed by atoms with van der Waals surface area (Å²) in [5.74, 6) is 1.27. The van der Waals surface area contributed by atoms with E-state index in [1.807, 2.05) is 18.2 Å². The van der Waals surface area contributed by atoms with Gasteiger partial charge in [-0.2, -0.15) is 5.26 Å². The van der Waals surface area contributed by atoms with Crippen molar-refractivity contribution in [1.29, 1.82) is 5.26 Å². The number of piperidine rings is 1. The summed E-state index contributed by atoms with van der Waals surface area (Å²) in [5, 5.41) is 9.45. The first-order chi connectivity index (χ1) is 13.2. The number of benzene rings is 1. The average Bonchev–Trinajstić information content (AvgIpc) is 2.65. The van der Waals surface area contributed by atoms with Crippen LogP contribution >= 0.6 is 15.9 Å². The molecule has 0 bridgehead atoms. The van der Waals surface area contributed by atoms with Crippen molar-refractivity contribution < 1.29 is 0 Å². The van der Waals surface area contributed by atoms with Crippen molar-refractivity contribution in [2.75, 3.05) is 18.0 Å². The Balaban J connectivity index is 2.18. The van der Waals surface area contributed by atoms with Crippen LogP contribution in [0.2, 0.25) is 0 Å². The molecular weight excluding hydrogens is 416 g/mol. The predicted molar refractivity (Wildman–Crippen MR) is 116 cm³/mol. The molecule has 1 aliphatic rings. The van der Waals surface area contributed by atoms with E-state index in [9.17, 15) is 10.1 Å². The lowest BCUT2D eigenvalue weighted by molar-refractivity contribution is 0.433. The molecule has 1 aliphatic heterocycles. The molecule has 6 heteroatoms. The van der Waals surface area contributed by atoms with Crippen LogP contribution in [0.5, 0.6) is 0 Å². The lowest BCUT2D eigenvalue weighted by atomic mass is 9.92. The molecule has 0 radical (unpaired) electrons. The molecule has 0 unspecified atom stereocenters. The minimum absolute atomic E-state index is 0.0964. The number of anilines is 1. The first-order valence-corrected chi connectivity index (χ1v) is 10.6. The second kappa shape index (κ2) is 8.08. The normalized spacial score (nSPS) is 17.4. The molecule has 148 valence electrons. The third-order valence-corrected chi connectivity index (χ3v) is 5.93. The second-order valence-corrected chi connectivity index (χ2v) is 9.47. The van der Waals surface area contributed by atoms with Crippen LogP contribution in [-0.4, -0.2) is 22.6 Å². The van der Waals surface area contributed by atoms with Gasteiger partial charge in [0, 0.05) is 18.5 Å². The van der Waals surface area contributed by atoms with Gasteiger partial charge in [0.2, 0.25) is 5.95 Å². The highest BCUT2D eigenvalue weighted by atomic mass is 79.9. The van der Waals surface area contributed by atoms with Crippen LogP contribution in [0.4, 0.5) is 5.95 Å². The molecular formula is C22H27BrN4O. The lowest BCUT2D eigenvalue weighted by Crippen LogP contribution is -2.41. The molecule has 1 atom stereocenters. The molecule has 0 aliphatic carbocycles. The molecule has 3 rings (SSSR count). The molecule has 0 N–H and O–H groups in total. The van der Waals surface area contributed by atoms with Crippen molar-refractivity contribution in [3.05, 3.63) is 55.9 Å². The fourth-order valence-electron chi connectivity index (χ4n) is 3.71. The monoisotopic (exact) mass is 442 g/mol. The number of hydrogen-bond acceptors (Lipinski definition) is 4. The summed E-state index contributed by atoms with van der Waals surface area (Å²) in [5.41, 5.74) is 1.84. The summed E-state index contributed by atoms with van der Waals surface area (Å²) < 4.78 is 2.22. The van der Waals surface area contributed by atoms with Gasteiger partial charge in [0.05, 0.1) is 23.9 Å². The summed E-state index contributed by atoms with van der Waals surface area (Å²) in [6.45, 7) is 10.5. The van der Waals surface area contributed by atoms with Crippen molar-refractivity contribution in [2.24, 2.45) is 5.92 Å². The van der Waals surface area contributed by atoms with E-state index in [4.69, 9.17) is 4.98 Å². The Kier molecular flexibility index (Phi) is 5.95. The van der Waals surface area contributed by atoms with Gasteiger partial charge in [-0.25, -0.2) is 4.98 Å². The van der Waals surface area contributed by atoms with Crippen molar-refractivity contribution in [3.8, 4) is 6.07 Å². The third-order valence-electron chi connectivity index (χ3n) is 5.21. The Morgan fingerprint density at radius 2 is 2.04 bits per heavy atom. The first-order valence-electron chi connectivity index (χ1n) is 9.76. The van der Waals surface area contributed by atoms with Gasteiger partial charge in [0.15, 0.2) is 0 Å². The zero-order valence-electron chi connectivity index (χ0n) is 17.0. The maximum absolute atomic E-state index is 13.4. The Labute approximate surface area is 175 Å². The summed E-state index contributed by atoms with van der Waals surface area (Å²) in [7, 11) is 0. The smallest absolute Gasteiger partial charge is 0.269 e. The van der Waals surface area contributed by atoms with Crippen LogP contribution < -0.4 is 10.5 Å². The summed E-state index contributed by atoms with van der Waals surface area (Å²) >= 11 is 3.51. The molecule has 1 saturated heterocycles. The van der Waals surface area contributed by atoms with E-state index >= 15 is 0 Å². The van der Waals surface area contributed by atoms with Crippen molar-refractivity contribution in [2.45, 2.75) is 52.5 Å². The van der Waals surface area contributed by atoms with E-state index in [2.05, 4.69) is 54.6 Å². The molecule has 0 saturated carbocycles. The Morgan fingerprint density at radius 3 is 2.68 bits per heavy atom. The van der Waals surface area contributed by atoms with Gasteiger partial charge in [-0.05, 0) is 46.3 Å². The summed E-state index contributed by atoms with van der Waals surface area (Å²) in [4.78, 5) is 20.6. The largest absolute Gasteiger partial charge is 0.342 e. The van der Waals surface area contributed by atoms with Gasteiger partial charge in [-0.15, -0.1) is 0 Å². The van der Waals surface area contributed by atoms with Crippen LogP contribution in [0.1, 0.15) is 57.4 Å². The molecule has 0 spiro atoms. The number of rotatable bonds is 3. The predicted octanol–water partition coefficient (Wildman–Crippen LogP) is 4.46. The van der Waals surface area contributed by atoms with Crippen LogP contribution in [-0.2, 0) is 12.0 Å². The van der Waals surface area contributed by atoms with E-state index in [0.717, 1.165) is 30.8 Å². The zero-order valence-corrected chi connectivity index (χ0v) is 18.6. The Bertz CT molecular complexity index is 968. The maximum Gasteiger partial charge on any atom is 0.269 e. The van der Waals surface area contributed by atoms with Gasteiger partial charge in [-0.1, -0.05) is 45.9 Å². The van der Waals surface area contributed by atoms with Crippen molar-refractivity contribution in [3.63, 3.8) is 0 Å². The number of nitriles is 1. The van der Waals surface area contributed by atoms with Gasteiger partial charge in [0.25, 0.3) is 5.56 Å². The first kappa shape index (κ1) is 20.6. The van der Waals surface area contributed by atoms with Gasteiger partial charge < -0.3 is 4.90 Å². The Hall–Kier alpha value is -2.13. The van der Waals surface area contributed by atoms with E-state index in [1.165, 1.54) is 6.42 Å². The van der Waals surface area contributed by atoms with E-state index in [0.29, 0.717) is 28.4 Å². The number of nitrogens with zero attached hydrogens (tertiary/aromatic N) is 4. The van der Waals surface area contributed by atoms with Crippen LogP contribution in [0, 0.1) is 17.2 Å². The minimum Gasteiger partial charge on any atom is -0.342 e. The van der Waals surface area contributed by atoms with Crippen LogP contribution in [0.15, 0.2) is 33.5 Å².